The number of hydrogen-bond donors (Lipinski definition) is 0. The third-order valence-corrected chi connectivity index (χ3v) is 3.88. The van der Waals surface area contributed by atoms with Crippen molar-refractivity contribution in [2.24, 2.45) is 0 Å². The summed E-state index contributed by atoms with van der Waals surface area (Å²) in [5.41, 5.74) is 2.27. The highest BCUT2D eigenvalue weighted by atomic mass is 35.5. The lowest BCUT2D eigenvalue weighted by atomic mass is 9.93. The average molecular weight is 296 g/mol. The van der Waals surface area contributed by atoms with Gasteiger partial charge >= 0.3 is 0 Å². The predicted octanol–water partition coefficient (Wildman–Crippen LogP) is 4.98. The first-order valence-electron chi connectivity index (χ1n) is 6.20. The monoisotopic (exact) mass is 295 g/mol. The fraction of sp³-hybridized carbons (Fsp3) is 0.400. The predicted molar refractivity (Wildman–Crippen MR) is 81.3 cm³/mol. The van der Waals surface area contributed by atoms with E-state index in [1.807, 2.05) is 25.1 Å². The second-order valence-corrected chi connectivity index (χ2v) is 6.95. The molecular weight excluding hydrogens is 278 g/mol. The van der Waals surface area contributed by atoms with E-state index in [0.29, 0.717) is 11.6 Å². The summed E-state index contributed by atoms with van der Waals surface area (Å²) in [4.78, 5) is 4.61. The van der Waals surface area contributed by atoms with Crippen molar-refractivity contribution in [2.75, 3.05) is 0 Å². The Bertz CT molecular complexity index is 572. The van der Waals surface area contributed by atoms with Gasteiger partial charge in [0.25, 0.3) is 0 Å². The molecule has 102 valence electrons. The fourth-order valence-electron chi connectivity index (χ4n) is 1.59. The quantitative estimate of drug-likeness (QED) is 0.796. The van der Waals surface area contributed by atoms with E-state index in [2.05, 4.69) is 31.1 Å². The van der Waals surface area contributed by atoms with Crippen LogP contribution in [0.4, 0.5) is 0 Å². The maximum atomic E-state index is 5.97. The van der Waals surface area contributed by atoms with Crippen molar-refractivity contribution >= 4 is 22.9 Å². The number of ether oxygens (including phenoxy) is 1. The molecule has 0 N–H and O–H groups in total. The van der Waals surface area contributed by atoms with Crippen LogP contribution in [0.15, 0.2) is 23.6 Å². The van der Waals surface area contributed by atoms with Crippen LogP contribution in [0.25, 0.3) is 0 Å². The largest absolute Gasteiger partial charge is 0.486 e. The van der Waals surface area contributed by atoms with E-state index in [1.165, 1.54) is 0 Å². The highest BCUT2D eigenvalue weighted by molar-refractivity contribution is 7.09. The highest BCUT2D eigenvalue weighted by Gasteiger charge is 2.17. The second kappa shape index (κ2) is 5.51. The van der Waals surface area contributed by atoms with Crippen molar-refractivity contribution in [1.82, 2.24) is 4.98 Å². The normalized spacial score (nSPS) is 11.6. The van der Waals surface area contributed by atoms with Gasteiger partial charge < -0.3 is 4.74 Å². The molecule has 0 atom stereocenters. The molecule has 0 saturated carbocycles. The molecule has 0 bridgehead atoms. The van der Waals surface area contributed by atoms with Crippen molar-refractivity contribution in [1.29, 1.82) is 0 Å². The van der Waals surface area contributed by atoms with E-state index >= 15 is 0 Å². The smallest absolute Gasteiger partial charge is 0.140 e. The summed E-state index contributed by atoms with van der Waals surface area (Å²) in [5, 5.41) is 3.78. The lowest BCUT2D eigenvalue weighted by Crippen LogP contribution is -2.11. The Hall–Kier alpha value is -1.06. The van der Waals surface area contributed by atoms with Gasteiger partial charge in [-0.15, -0.1) is 11.3 Å². The zero-order chi connectivity index (χ0) is 14.0. The van der Waals surface area contributed by atoms with E-state index in [-0.39, 0.29) is 5.41 Å². The first-order valence-corrected chi connectivity index (χ1v) is 7.46. The minimum atomic E-state index is 0.0840. The van der Waals surface area contributed by atoms with Crippen LogP contribution < -0.4 is 4.74 Å². The molecule has 0 aliphatic heterocycles. The number of nitrogens with zero attached hydrogens (tertiary/aromatic N) is 1. The molecule has 0 fully saturated rings. The number of thiazole rings is 1. The Morgan fingerprint density at radius 2 is 2.05 bits per heavy atom. The average Bonchev–Trinajstić information content (AvgIpc) is 2.79. The molecule has 0 amide bonds. The van der Waals surface area contributed by atoms with Crippen LogP contribution in [0, 0.1) is 6.92 Å². The van der Waals surface area contributed by atoms with Gasteiger partial charge in [0.15, 0.2) is 0 Å². The molecule has 0 radical (unpaired) electrons. The first kappa shape index (κ1) is 14.4. The van der Waals surface area contributed by atoms with Crippen LogP contribution in [0.3, 0.4) is 0 Å². The number of halogens is 1. The molecule has 0 aliphatic rings. The molecule has 0 saturated heterocycles. The summed E-state index contributed by atoms with van der Waals surface area (Å²) in [6.07, 6.45) is 0. The maximum absolute atomic E-state index is 5.97. The molecule has 0 aliphatic carbocycles. The van der Waals surface area contributed by atoms with Gasteiger partial charge in [-0.3, -0.25) is 0 Å². The topological polar surface area (TPSA) is 22.1 Å². The van der Waals surface area contributed by atoms with Gasteiger partial charge in [0.1, 0.15) is 17.4 Å². The van der Waals surface area contributed by atoms with Crippen molar-refractivity contribution in [3.05, 3.63) is 44.9 Å². The maximum Gasteiger partial charge on any atom is 0.140 e. The van der Waals surface area contributed by atoms with Gasteiger partial charge in [-0.25, -0.2) is 4.98 Å². The Kier molecular flexibility index (Phi) is 4.16. The lowest BCUT2D eigenvalue weighted by Gasteiger charge is -2.14. The third-order valence-electron chi connectivity index (χ3n) is 2.82. The third kappa shape index (κ3) is 3.71. The van der Waals surface area contributed by atoms with Gasteiger partial charge in [-0.1, -0.05) is 38.4 Å². The molecule has 0 spiro atoms. The van der Waals surface area contributed by atoms with Crippen LogP contribution in [0.5, 0.6) is 5.75 Å². The Morgan fingerprint density at radius 1 is 1.32 bits per heavy atom. The van der Waals surface area contributed by atoms with E-state index in [0.717, 1.165) is 22.0 Å². The van der Waals surface area contributed by atoms with Crippen molar-refractivity contribution in [2.45, 2.75) is 39.7 Å². The fourth-order valence-corrected chi connectivity index (χ4v) is 2.68. The van der Waals surface area contributed by atoms with Gasteiger partial charge in [-0.05, 0) is 24.6 Å². The van der Waals surface area contributed by atoms with Crippen LogP contribution in [0.1, 0.15) is 37.0 Å². The standard InChI is InChI=1S/C15H18ClNOS/c1-10-5-6-11(16)7-12(10)18-8-14-17-13(9-19-14)15(2,3)4/h5-7,9H,8H2,1-4H3. The van der Waals surface area contributed by atoms with Crippen LogP contribution in [-0.4, -0.2) is 4.98 Å². The van der Waals surface area contributed by atoms with Gasteiger partial charge in [0, 0.05) is 15.8 Å². The first-order chi connectivity index (χ1) is 8.86. The van der Waals surface area contributed by atoms with E-state index in [9.17, 15) is 0 Å². The summed E-state index contributed by atoms with van der Waals surface area (Å²) in [5.74, 6) is 0.819. The minimum absolute atomic E-state index is 0.0840. The van der Waals surface area contributed by atoms with Gasteiger partial charge in [0.05, 0.1) is 5.69 Å². The molecular formula is C15H18ClNOS. The molecule has 0 unspecified atom stereocenters. The molecule has 2 aromatic rings. The molecule has 2 nitrogen and oxygen atoms in total. The van der Waals surface area contributed by atoms with Crippen molar-refractivity contribution in [3.63, 3.8) is 0 Å². The summed E-state index contributed by atoms with van der Waals surface area (Å²) >= 11 is 7.61. The summed E-state index contributed by atoms with van der Waals surface area (Å²) in [6, 6.07) is 5.67. The van der Waals surface area contributed by atoms with E-state index in [4.69, 9.17) is 16.3 Å². The van der Waals surface area contributed by atoms with E-state index < -0.39 is 0 Å². The highest BCUT2D eigenvalue weighted by Crippen LogP contribution is 2.26. The number of rotatable bonds is 3. The molecule has 1 aromatic carbocycles. The Labute approximate surface area is 123 Å². The number of hydrogen-bond acceptors (Lipinski definition) is 3. The Morgan fingerprint density at radius 3 is 2.68 bits per heavy atom. The zero-order valence-electron chi connectivity index (χ0n) is 11.7. The summed E-state index contributed by atoms with van der Waals surface area (Å²) in [7, 11) is 0. The molecule has 2 rings (SSSR count). The molecule has 19 heavy (non-hydrogen) atoms. The van der Waals surface area contributed by atoms with Crippen molar-refractivity contribution < 1.29 is 4.74 Å². The summed E-state index contributed by atoms with van der Waals surface area (Å²) < 4.78 is 5.79. The van der Waals surface area contributed by atoms with Crippen LogP contribution in [0.2, 0.25) is 5.02 Å². The van der Waals surface area contributed by atoms with Gasteiger partial charge in [-0.2, -0.15) is 0 Å². The molecule has 4 heteroatoms. The SMILES string of the molecule is Cc1ccc(Cl)cc1OCc1nc(C(C)(C)C)cs1. The second-order valence-electron chi connectivity index (χ2n) is 5.57. The van der Waals surface area contributed by atoms with Crippen molar-refractivity contribution in [3.8, 4) is 5.75 Å². The minimum Gasteiger partial charge on any atom is -0.486 e. The number of benzene rings is 1. The molecule has 1 heterocycles. The molecule has 1 aromatic heterocycles. The lowest BCUT2D eigenvalue weighted by molar-refractivity contribution is 0.303. The zero-order valence-corrected chi connectivity index (χ0v) is 13.2. The van der Waals surface area contributed by atoms with Crippen LogP contribution >= 0.6 is 22.9 Å². The number of aromatic nitrogens is 1. The van der Waals surface area contributed by atoms with Gasteiger partial charge in [0.2, 0.25) is 0 Å². The van der Waals surface area contributed by atoms with E-state index in [1.54, 1.807) is 11.3 Å². The number of aryl methyl sites for hydroxylation is 1. The Balaban J connectivity index is 2.06. The van der Waals surface area contributed by atoms with Crippen LogP contribution in [-0.2, 0) is 12.0 Å². The summed E-state index contributed by atoms with van der Waals surface area (Å²) in [6.45, 7) is 8.98.